The Bertz CT molecular complexity index is 824. The molecular formula is C24H30N2O3. The Morgan fingerprint density at radius 1 is 1.00 bits per heavy atom. The van der Waals surface area contributed by atoms with E-state index in [4.69, 9.17) is 4.74 Å². The average molecular weight is 395 g/mol. The average Bonchev–Trinajstić information content (AvgIpc) is 3.03. The zero-order valence-corrected chi connectivity index (χ0v) is 17.3. The SMILES string of the molecule is CC[C@H](Oc1ccc(C)cc1)C(=O)Nc1ccccc1C(=O)N1CCCCCC1. The van der Waals surface area contributed by atoms with Crippen LogP contribution in [0.15, 0.2) is 48.5 Å². The minimum absolute atomic E-state index is 0.0182. The highest BCUT2D eigenvalue weighted by Crippen LogP contribution is 2.21. The Hall–Kier alpha value is -2.82. The maximum absolute atomic E-state index is 13.1. The summed E-state index contributed by atoms with van der Waals surface area (Å²) in [4.78, 5) is 27.8. The van der Waals surface area contributed by atoms with Gasteiger partial charge in [0.25, 0.3) is 11.8 Å². The van der Waals surface area contributed by atoms with Crippen molar-refractivity contribution < 1.29 is 14.3 Å². The number of ether oxygens (including phenoxy) is 1. The molecule has 2 aromatic carbocycles. The first-order chi connectivity index (χ1) is 14.1. The van der Waals surface area contributed by atoms with Crippen molar-refractivity contribution in [1.29, 1.82) is 0 Å². The van der Waals surface area contributed by atoms with Gasteiger partial charge in [-0.3, -0.25) is 9.59 Å². The smallest absolute Gasteiger partial charge is 0.265 e. The number of aryl methyl sites for hydroxylation is 1. The van der Waals surface area contributed by atoms with Crippen molar-refractivity contribution in [3.63, 3.8) is 0 Å². The van der Waals surface area contributed by atoms with Crippen molar-refractivity contribution in [3.8, 4) is 5.75 Å². The molecule has 0 aliphatic carbocycles. The van der Waals surface area contributed by atoms with Crippen molar-refractivity contribution >= 4 is 17.5 Å². The first-order valence-electron chi connectivity index (χ1n) is 10.5. The van der Waals surface area contributed by atoms with Crippen molar-refractivity contribution in [2.45, 2.75) is 52.1 Å². The maximum atomic E-state index is 13.1. The monoisotopic (exact) mass is 394 g/mol. The topological polar surface area (TPSA) is 58.6 Å². The molecule has 1 saturated heterocycles. The van der Waals surface area contributed by atoms with Crippen LogP contribution >= 0.6 is 0 Å². The van der Waals surface area contributed by atoms with E-state index in [1.165, 1.54) is 0 Å². The Balaban J connectivity index is 1.72. The predicted octanol–water partition coefficient (Wildman–Crippen LogP) is 4.81. The first kappa shape index (κ1) is 20.9. The number of benzene rings is 2. The van der Waals surface area contributed by atoms with Gasteiger partial charge in [-0.2, -0.15) is 0 Å². The largest absolute Gasteiger partial charge is 0.481 e. The van der Waals surface area contributed by atoms with E-state index in [1.807, 2.05) is 55.1 Å². The molecule has 1 fully saturated rings. The highest BCUT2D eigenvalue weighted by Gasteiger charge is 2.23. The van der Waals surface area contributed by atoms with Crippen LogP contribution in [-0.4, -0.2) is 35.9 Å². The van der Waals surface area contributed by atoms with Crippen LogP contribution in [0.25, 0.3) is 0 Å². The molecule has 0 spiro atoms. The second-order valence-corrected chi connectivity index (χ2v) is 7.57. The van der Waals surface area contributed by atoms with Gasteiger partial charge in [-0.15, -0.1) is 0 Å². The highest BCUT2D eigenvalue weighted by atomic mass is 16.5. The van der Waals surface area contributed by atoms with Crippen molar-refractivity contribution in [2.24, 2.45) is 0 Å². The second kappa shape index (κ2) is 10.1. The number of hydrogen-bond acceptors (Lipinski definition) is 3. The van der Waals surface area contributed by atoms with Crippen LogP contribution in [0.2, 0.25) is 0 Å². The molecule has 2 amide bonds. The molecule has 1 atom stereocenters. The number of nitrogens with one attached hydrogen (secondary N) is 1. The van der Waals surface area contributed by atoms with Gasteiger partial charge in [-0.1, -0.05) is 49.6 Å². The number of carbonyl (C=O) groups is 2. The molecule has 0 unspecified atom stereocenters. The highest BCUT2D eigenvalue weighted by molar-refractivity contribution is 6.04. The Labute approximate surface area is 173 Å². The number of carbonyl (C=O) groups excluding carboxylic acids is 2. The molecule has 5 nitrogen and oxygen atoms in total. The van der Waals surface area contributed by atoms with Crippen LogP contribution in [-0.2, 0) is 4.79 Å². The van der Waals surface area contributed by atoms with E-state index in [-0.39, 0.29) is 11.8 Å². The maximum Gasteiger partial charge on any atom is 0.265 e. The summed E-state index contributed by atoms with van der Waals surface area (Å²) < 4.78 is 5.88. The van der Waals surface area contributed by atoms with Crippen LogP contribution in [0, 0.1) is 6.92 Å². The lowest BCUT2D eigenvalue weighted by atomic mass is 10.1. The van der Waals surface area contributed by atoms with E-state index in [9.17, 15) is 9.59 Å². The van der Waals surface area contributed by atoms with Crippen LogP contribution in [0.1, 0.15) is 54.9 Å². The molecule has 0 saturated carbocycles. The lowest BCUT2D eigenvalue weighted by molar-refractivity contribution is -0.122. The van der Waals surface area contributed by atoms with Crippen LogP contribution in [0.5, 0.6) is 5.75 Å². The summed E-state index contributed by atoms with van der Waals surface area (Å²) in [5.41, 5.74) is 2.21. The number of likely N-dealkylation sites (tertiary alicyclic amines) is 1. The zero-order chi connectivity index (χ0) is 20.6. The minimum atomic E-state index is -0.626. The van der Waals surface area contributed by atoms with Crippen molar-refractivity contribution in [2.75, 3.05) is 18.4 Å². The molecule has 0 radical (unpaired) electrons. The Morgan fingerprint density at radius 2 is 1.66 bits per heavy atom. The fraction of sp³-hybridized carbons (Fsp3) is 0.417. The number of nitrogens with zero attached hydrogens (tertiary/aromatic N) is 1. The summed E-state index contributed by atoms with van der Waals surface area (Å²) in [6, 6.07) is 14.9. The Kier molecular flexibility index (Phi) is 7.28. The fourth-order valence-corrected chi connectivity index (χ4v) is 3.54. The quantitative estimate of drug-likeness (QED) is 0.765. The van der Waals surface area contributed by atoms with Gasteiger partial charge in [0.15, 0.2) is 6.10 Å². The van der Waals surface area contributed by atoms with Crippen LogP contribution in [0.4, 0.5) is 5.69 Å². The number of para-hydroxylation sites is 1. The molecule has 3 rings (SSSR count). The lowest BCUT2D eigenvalue weighted by Crippen LogP contribution is -2.35. The molecule has 1 aliphatic heterocycles. The lowest BCUT2D eigenvalue weighted by Gasteiger charge is -2.23. The molecule has 5 heteroatoms. The summed E-state index contributed by atoms with van der Waals surface area (Å²) in [6.45, 7) is 5.46. The van der Waals surface area contributed by atoms with Crippen molar-refractivity contribution in [1.82, 2.24) is 4.90 Å². The van der Waals surface area contributed by atoms with E-state index in [1.54, 1.807) is 12.1 Å². The molecular weight excluding hydrogens is 364 g/mol. The third-order valence-electron chi connectivity index (χ3n) is 5.27. The third kappa shape index (κ3) is 5.59. The number of amides is 2. The molecule has 29 heavy (non-hydrogen) atoms. The Morgan fingerprint density at radius 3 is 2.31 bits per heavy atom. The van der Waals surface area contributed by atoms with Gasteiger partial charge in [0.05, 0.1) is 11.3 Å². The zero-order valence-electron chi connectivity index (χ0n) is 17.3. The first-order valence-corrected chi connectivity index (χ1v) is 10.5. The number of anilines is 1. The van der Waals surface area contributed by atoms with E-state index in [0.717, 1.165) is 44.3 Å². The van der Waals surface area contributed by atoms with Crippen LogP contribution in [0.3, 0.4) is 0 Å². The molecule has 2 aromatic rings. The fourth-order valence-electron chi connectivity index (χ4n) is 3.54. The summed E-state index contributed by atoms with van der Waals surface area (Å²) in [5.74, 6) is 0.394. The second-order valence-electron chi connectivity index (χ2n) is 7.57. The van der Waals surface area contributed by atoms with E-state index < -0.39 is 6.10 Å². The summed E-state index contributed by atoms with van der Waals surface area (Å²) in [7, 11) is 0. The molecule has 0 aromatic heterocycles. The van der Waals surface area contributed by atoms with E-state index in [2.05, 4.69) is 5.32 Å². The molecule has 0 bridgehead atoms. The summed E-state index contributed by atoms with van der Waals surface area (Å²) >= 11 is 0. The summed E-state index contributed by atoms with van der Waals surface area (Å²) in [5, 5.41) is 2.92. The van der Waals surface area contributed by atoms with Gasteiger partial charge in [-0.05, 0) is 50.5 Å². The van der Waals surface area contributed by atoms with Gasteiger partial charge >= 0.3 is 0 Å². The summed E-state index contributed by atoms with van der Waals surface area (Å²) in [6.07, 6.45) is 4.29. The molecule has 1 heterocycles. The third-order valence-corrected chi connectivity index (χ3v) is 5.27. The normalized spacial score (nSPS) is 15.3. The van der Waals surface area contributed by atoms with E-state index in [0.29, 0.717) is 23.4 Å². The van der Waals surface area contributed by atoms with Gasteiger partial charge in [-0.25, -0.2) is 0 Å². The van der Waals surface area contributed by atoms with Gasteiger partial charge in [0.2, 0.25) is 0 Å². The van der Waals surface area contributed by atoms with Crippen LogP contribution < -0.4 is 10.1 Å². The van der Waals surface area contributed by atoms with Gasteiger partial charge < -0.3 is 15.0 Å². The van der Waals surface area contributed by atoms with Crippen molar-refractivity contribution in [3.05, 3.63) is 59.7 Å². The van der Waals surface area contributed by atoms with Gasteiger partial charge in [0, 0.05) is 13.1 Å². The van der Waals surface area contributed by atoms with Gasteiger partial charge in [0.1, 0.15) is 5.75 Å². The van der Waals surface area contributed by atoms with E-state index >= 15 is 0 Å². The number of hydrogen-bond donors (Lipinski definition) is 1. The molecule has 1 aliphatic rings. The number of rotatable bonds is 6. The minimum Gasteiger partial charge on any atom is -0.481 e. The predicted molar refractivity (Wildman–Crippen MR) is 115 cm³/mol. The standard InChI is InChI=1S/C24H30N2O3/c1-3-22(29-19-14-12-18(2)13-15-19)23(27)25-21-11-7-6-10-20(21)24(28)26-16-8-4-5-9-17-26/h6-7,10-15,22H,3-5,8-9,16-17H2,1-2H3,(H,25,27)/t22-/m0/s1. The molecule has 1 N–H and O–H groups in total. The molecule has 154 valence electrons.